The first-order valence-electron chi connectivity index (χ1n) is 12.0. The van der Waals surface area contributed by atoms with Crippen LogP contribution in [0.3, 0.4) is 0 Å². The van der Waals surface area contributed by atoms with Crippen molar-refractivity contribution in [2.45, 2.75) is 51.8 Å². The number of primary amides is 1. The number of benzene rings is 2. The minimum Gasteiger partial charge on any atom is -0.444 e. The highest BCUT2D eigenvalue weighted by molar-refractivity contribution is 6.00. The number of rotatable bonds is 10. The average molecular weight is 519 g/mol. The number of para-hydroxylation sites is 1. The highest BCUT2D eigenvalue weighted by atomic mass is 16.6. The number of aryl methyl sites for hydroxylation is 1. The number of carbonyl (C=O) groups is 4. The number of nitrogens with zero attached hydrogens (tertiary/aromatic N) is 1. The van der Waals surface area contributed by atoms with Gasteiger partial charge in [0.05, 0.1) is 6.42 Å². The number of hydrogen-bond acceptors (Lipinski definition) is 5. The predicted molar refractivity (Wildman–Crippen MR) is 146 cm³/mol. The Labute approximate surface area is 223 Å². The van der Waals surface area contributed by atoms with E-state index in [-0.39, 0.29) is 6.54 Å². The summed E-state index contributed by atoms with van der Waals surface area (Å²) in [7, 11) is 0. The van der Waals surface area contributed by atoms with Gasteiger partial charge in [-0.15, -0.1) is 13.0 Å². The highest BCUT2D eigenvalue weighted by Crippen LogP contribution is 2.28. The van der Waals surface area contributed by atoms with Gasteiger partial charge < -0.3 is 26.0 Å². The molecule has 38 heavy (non-hydrogen) atoms. The van der Waals surface area contributed by atoms with Gasteiger partial charge in [0.2, 0.25) is 11.8 Å². The van der Waals surface area contributed by atoms with Crippen molar-refractivity contribution in [2.75, 3.05) is 11.9 Å². The normalized spacial score (nSPS) is 12.3. The summed E-state index contributed by atoms with van der Waals surface area (Å²) in [5, 5.41) is 5.28. The topological polar surface area (TPSA) is 131 Å². The van der Waals surface area contributed by atoms with E-state index in [4.69, 9.17) is 16.9 Å². The number of carbonyl (C=O) groups excluding carboxylic acids is 4. The minimum atomic E-state index is -1.41. The van der Waals surface area contributed by atoms with Gasteiger partial charge in [-0.1, -0.05) is 48.4 Å². The van der Waals surface area contributed by atoms with Crippen molar-refractivity contribution >= 4 is 29.5 Å². The maximum Gasteiger partial charge on any atom is 0.408 e. The van der Waals surface area contributed by atoms with Crippen LogP contribution >= 0.6 is 0 Å². The predicted octanol–water partition coefficient (Wildman–Crippen LogP) is 3.44. The van der Waals surface area contributed by atoms with Crippen molar-refractivity contribution in [2.24, 2.45) is 5.73 Å². The summed E-state index contributed by atoms with van der Waals surface area (Å²) in [4.78, 5) is 53.2. The summed E-state index contributed by atoms with van der Waals surface area (Å²) >= 11 is 0. The molecule has 0 saturated carbocycles. The van der Waals surface area contributed by atoms with Crippen LogP contribution in [0, 0.1) is 19.3 Å². The zero-order valence-electron chi connectivity index (χ0n) is 22.1. The number of nitrogens with two attached hydrogens (primary N) is 1. The molecule has 0 aliphatic heterocycles. The molecule has 0 heterocycles. The molecular weight excluding hydrogens is 484 g/mol. The monoisotopic (exact) mass is 518 g/mol. The number of amides is 4. The van der Waals surface area contributed by atoms with Gasteiger partial charge >= 0.3 is 6.09 Å². The van der Waals surface area contributed by atoms with Crippen molar-refractivity contribution in [3.05, 3.63) is 77.9 Å². The average Bonchev–Trinajstić information content (AvgIpc) is 2.83. The Morgan fingerprint density at radius 1 is 1.13 bits per heavy atom. The summed E-state index contributed by atoms with van der Waals surface area (Å²) < 4.78 is 5.26. The molecule has 0 aliphatic rings. The third kappa shape index (κ3) is 8.23. The Bertz CT molecular complexity index is 1240. The van der Waals surface area contributed by atoms with Gasteiger partial charge in [-0.25, -0.2) is 4.79 Å². The molecule has 2 unspecified atom stereocenters. The molecule has 0 fully saturated rings. The molecular formula is C29H34N4O5. The van der Waals surface area contributed by atoms with E-state index < -0.39 is 47.9 Å². The number of terminal acetylenes is 1. The van der Waals surface area contributed by atoms with Crippen LogP contribution in [0.5, 0.6) is 0 Å². The van der Waals surface area contributed by atoms with Crippen LogP contribution < -0.4 is 16.4 Å². The van der Waals surface area contributed by atoms with Crippen LogP contribution in [0.2, 0.25) is 0 Å². The fraction of sp³-hybridized carbons (Fsp3) is 0.310. The van der Waals surface area contributed by atoms with E-state index in [0.717, 1.165) is 5.56 Å². The molecule has 0 aromatic heterocycles. The molecule has 9 heteroatoms. The molecule has 4 N–H and O–H groups in total. The Morgan fingerprint density at radius 3 is 2.34 bits per heavy atom. The second-order valence-corrected chi connectivity index (χ2v) is 9.59. The molecule has 9 nitrogen and oxygen atoms in total. The van der Waals surface area contributed by atoms with Crippen LogP contribution in [0.1, 0.15) is 49.9 Å². The molecule has 2 aromatic rings. The van der Waals surface area contributed by atoms with E-state index in [9.17, 15) is 19.2 Å². The van der Waals surface area contributed by atoms with Gasteiger partial charge in [-0.3, -0.25) is 14.4 Å². The van der Waals surface area contributed by atoms with E-state index >= 15 is 0 Å². The fourth-order valence-electron chi connectivity index (χ4n) is 3.74. The van der Waals surface area contributed by atoms with Crippen molar-refractivity contribution in [1.29, 1.82) is 0 Å². The van der Waals surface area contributed by atoms with Crippen LogP contribution in [0.25, 0.3) is 0 Å². The second kappa shape index (κ2) is 13.1. The van der Waals surface area contributed by atoms with E-state index in [1.54, 1.807) is 57.2 Å². The molecule has 4 amide bonds. The lowest BCUT2D eigenvalue weighted by molar-refractivity contribution is -0.141. The molecule has 2 aromatic carbocycles. The molecule has 2 rings (SSSR count). The van der Waals surface area contributed by atoms with Crippen LogP contribution in [-0.2, 0) is 19.1 Å². The summed E-state index contributed by atoms with van der Waals surface area (Å²) in [5.41, 5.74) is 6.67. The molecule has 2 atom stereocenters. The number of alkyl carbamates (subject to hydrolysis) is 1. The maximum atomic E-state index is 13.9. The molecule has 0 aliphatic carbocycles. The fourth-order valence-corrected chi connectivity index (χ4v) is 3.74. The highest BCUT2D eigenvalue weighted by Gasteiger charge is 2.37. The first-order chi connectivity index (χ1) is 17.9. The summed E-state index contributed by atoms with van der Waals surface area (Å²) in [5.74, 6) is 0.430. The summed E-state index contributed by atoms with van der Waals surface area (Å²) in [6, 6.07) is 11.2. The van der Waals surface area contributed by atoms with Crippen LogP contribution in [0.15, 0.2) is 61.2 Å². The summed E-state index contributed by atoms with van der Waals surface area (Å²) in [6.45, 7) is 10.4. The largest absolute Gasteiger partial charge is 0.444 e. The molecule has 0 spiro atoms. The standard InChI is InChI=1S/C29H34N4O5/c1-7-17-33(27(36)23(18-24(30)34)32-28(37)38-29(4,5)6)25(21-15-11-10-14-20(21)8-2)26(35)31-22-16-12-9-13-19(22)3/h2,7,9-16,23,25H,1,17-18H2,3-6H3,(H2,30,34)(H,31,35)(H,32,37). The van der Waals surface area contributed by atoms with Crippen molar-refractivity contribution in [3.63, 3.8) is 0 Å². The molecule has 0 saturated heterocycles. The third-order valence-electron chi connectivity index (χ3n) is 5.38. The molecule has 0 bridgehead atoms. The first kappa shape index (κ1) is 29.6. The smallest absolute Gasteiger partial charge is 0.408 e. The zero-order valence-corrected chi connectivity index (χ0v) is 22.1. The number of ether oxygens (including phenoxy) is 1. The zero-order chi connectivity index (χ0) is 28.5. The quantitative estimate of drug-likeness (QED) is 0.328. The van der Waals surface area contributed by atoms with E-state index in [0.29, 0.717) is 16.8 Å². The van der Waals surface area contributed by atoms with Crippen molar-refractivity contribution in [1.82, 2.24) is 10.2 Å². The lowest BCUT2D eigenvalue weighted by Crippen LogP contribution is -2.53. The van der Waals surface area contributed by atoms with Gasteiger partial charge in [0.25, 0.3) is 5.91 Å². The minimum absolute atomic E-state index is 0.102. The molecule has 200 valence electrons. The van der Waals surface area contributed by atoms with Crippen molar-refractivity contribution < 1.29 is 23.9 Å². The Kier molecular flexibility index (Phi) is 10.2. The second-order valence-electron chi connectivity index (χ2n) is 9.59. The lowest BCUT2D eigenvalue weighted by atomic mass is 9.97. The third-order valence-corrected chi connectivity index (χ3v) is 5.38. The Balaban J connectivity index is 2.59. The van der Waals surface area contributed by atoms with Gasteiger partial charge in [0.1, 0.15) is 17.7 Å². The Morgan fingerprint density at radius 2 is 1.76 bits per heavy atom. The Hall–Kier alpha value is -4.58. The maximum absolute atomic E-state index is 13.9. The SMILES string of the molecule is C#Cc1ccccc1C(C(=O)Nc1ccccc1C)N(CC=C)C(=O)C(CC(N)=O)NC(=O)OC(C)(C)C. The van der Waals surface area contributed by atoms with Crippen molar-refractivity contribution in [3.8, 4) is 12.3 Å². The van der Waals surface area contributed by atoms with Crippen LogP contribution in [-0.4, -0.2) is 46.9 Å². The van der Waals surface area contributed by atoms with E-state index in [2.05, 4.69) is 23.1 Å². The van der Waals surface area contributed by atoms with Gasteiger partial charge in [0, 0.05) is 17.8 Å². The van der Waals surface area contributed by atoms with Gasteiger partial charge in [-0.05, 0) is 51.0 Å². The van der Waals surface area contributed by atoms with Gasteiger partial charge in [-0.2, -0.15) is 0 Å². The van der Waals surface area contributed by atoms with E-state index in [1.165, 1.54) is 11.0 Å². The van der Waals surface area contributed by atoms with E-state index in [1.807, 2.05) is 19.1 Å². The first-order valence-corrected chi connectivity index (χ1v) is 12.0. The van der Waals surface area contributed by atoms with Crippen LogP contribution in [0.4, 0.5) is 10.5 Å². The molecule has 0 radical (unpaired) electrons. The number of anilines is 1. The number of nitrogens with one attached hydrogen (secondary N) is 2. The summed E-state index contributed by atoms with van der Waals surface area (Å²) in [6.07, 6.45) is 5.72. The number of hydrogen-bond donors (Lipinski definition) is 3. The van der Waals surface area contributed by atoms with Gasteiger partial charge in [0.15, 0.2) is 0 Å². The lowest BCUT2D eigenvalue weighted by Gasteiger charge is -2.34.